The zero-order valence-electron chi connectivity index (χ0n) is 9.94. The summed E-state index contributed by atoms with van der Waals surface area (Å²) in [5, 5.41) is 2.99. The molecule has 0 fully saturated rings. The summed E-state index contributed by atoms with van der Waals surface area (Å²) in [6.07, 6.45) is 0. The van der Waals surface area contributed by atoms with Gasteiger partial charge in [0.1, 0.15) is 0 Å². The van der Waals surface area contributed by atoms with Crippen molar-refractivity contribution in [2.24, 2.45) is 5.73 Å². The summed E-state index contributed by atoms with van der Waals surface area (Å²) < 4.78 is 9.83. The molecule has 0 spiro atoms. The van der Waals surface area contributed by atoms with E-state index in [2.05, 4.69) is 20.3 Å². The maximum absolute atomic E-state index is 5.83. The zero-order valence-corrected chi connectivity index (χ0v) is 9.94. The largest absolute Gasteiger partial charge is 0.467 e. The lowest BCUT2D eigenvalue weighted by atomic mass is 10.1. The number of nitrogens with one attached hydrogen (secondary N) is 1. The lowest BCUT2D eigenvalue weighted by molar-refractivity contribution is 0.341. The third-order valence-corrected chi connectivity index (χ3v) is 1.66. The molecular weight excluding hydrogens is 210 g/mol. The molecule has 0 aromatic carbocycles. The van der Waals surface area contributed by atoms with Crippen molar-refractivity contribution in [3.63, 3.8) is 0 Å². The van der Waals surface area contributed by atoms with Crippen molar-refractivity contribution in [1.29, 1.82) is 0 Å². The average molecular weight is 227 g/mol. The number of aromatic nitrogens is 3. The van der Waals surface area contributed by atoms with Gasteiger partial charge in [-0.2, -0.15) is 9.97 Å². The second-order valence-electron chi connectivity index (χ2n) is 3.97. The Morgan fingerprint density at radius 3 is 2.00 bits per heavy atom. The molecule has 0 aliphatic carbocycles. The number of rotatable bonds is 5. The molecule has 90 valence electrons. The van der Waals surface area contributed by atoms with Crippen molar-refractivity contribution in [3.05, 3.63) is 0 Å². The Balaban J connectivity index is 2.79. The van der Waals surface area contributed by atoms with Gasteiger partial charge in [-0.05, 0) is 13.8 Å². The SMILES string of the molecule is COc1nc(NCC(C)(C)N)nc(OC)n1. The number of methoxy groups -OCH3 is 2. The minimum Gasteiger partial charge on any atom is -0.467 e. The van der Waals surface area contributed by atoms with Gasteiger partial charge in [0.15, 0.2) is 0 Å². The molecule has 0 aliphatic rings. The van der Waals surface area contributed by atoms with E-state index in [1.165, 1.54) is 14.2 Å². The van der Waals surface area contributed by atoms with Crippen LogP contribution in [0.2, 0.25) is 0 Å². The summed E-state index contributed by atoms with van der Waals surface area (Å²) in [6, 6.07) is 0.397. The Kier molecular flexibility index (Phi) is 3.83. The Morgan fingerprint density at radius 2 is 1.62 bits per heavy atom. The summed E-state index contributed by atoms with van der Waals surface area (Å²) in [5.41, 5.74) is 5.47. The number of nitrogens with zero attached hydrogens (tertiary/aromatic N) is 3. The van der Waals surface area contributed by atoms with Crippen LogP contribution in [-0.4, -0.2) is 41.3 Å². The van der Waals surface area contributed by atoms with Crippen LogP contribution in [0.25, 0.3) is 0 Å². The molecule has 0 bridgehead atoms. The van der Waals surface area contributed by atoms with E-state index in [1.807, 2.05) is 13.8 Å². The van der Waals surface area contributed by atoms with Crippen LogP contribution in [0.15, 0.2) is 0 Å². The first-order chi connectivity index (χ1) is 7.44. The van der Waals surface area contributed by atoms with Gasteiger partial charge in [-0.3, -0.25) is 0 Å². The van der Waals surface area contributed by atoms with Crippen molar-refractivity contribution in [2.45, 2.75) is 19.4 Å². The monoisotopic (exact) mass is 227 g/mol. The molecule has 0 amide bonds. The van der Waals surface area contributed by atoms with Crippen LogP contribution in [0.5, 0.6) is 12.0 Å². The fraction of sp³-hybridized carbons (Fsp3) is 0.667. The summed E-state index contributed by atoms with van der Waals surface area (Å²) in [5.74, 6) is 0.377. The van der Waals surface area contributed by atoms with Crippen LogP contribution in [0.4, 0.5) is 5.95 Å². The lowest BCUT2D eigenvalue weighted by Crippen LogP contribution is -2.40. The maximum Gasteiger partial charge on any atom is 0.324 e. The van der Waals surface area contributed by atoms with Crippen molar-refractivity contribution in [2.75, 3.05) is 26.1 Å². The Bertz CT molecular complexity index is 328. The van der Waals surface area contributed by atoms with E-state index >= 15 is 0 Å². The number of ether oxygens (including phenoxy) is 2. The van der Waals surface area contributed by atoms with Crippen molar-refractivity contribution in [3.8, 4) is 12.0 Å². The molecule has 1 aromatic rings. The predicted octanol–water partition coefficient (Wildman–Crippen LogP) is 0.0380. The molecule has 1 rings (SSSR count). The second-order valence-corrected chi connectivity index (χ2v) is 3.97. The molecule has 0 radical (unpaired) electrons. The third kappa shape index (κ3) is 3.85. The second kappa shape index (κ2) is 4.93. The quantitative estimate of drug-likeness (QED) is 0.733. The lowest BCUT2D eigenvalue weighted by Gasteiger charge is -2.18. The van der Waals surface area contributed by atoms with Gasteiger partial charge in [0, 0.05) is 12.1 Å². The van der Waals surface area contributed by atoms with Crippen LogP contribution in [0, 0.1) is 0 Å². The number of hydrogen-bond donors (Lipinski definition) is 2. The molecule has 0 aliphatic heterocycles. The van der Waals surface area contributed by atoms with Crippen LogP contribution < -0.4 is 20.5 Å². The first kappa shape index (κ1) is 12.4. The van der Waals surface area contributed by atoms with Crippen LogP contribution in [-0.2, 0) is 0 Å². The van der Waals surface area contributed by atoms with E-state index in [0.717, 1.165) is 0 Å². The highest BCUT2D eigenvalue weighted by atomic mass is 16.5. The van der Waals surface area contributed by atoms with Gasteiger partial charge >= 0.3 is 12.0 Å². The average Bonchev–Trinajstić information content (AvgIpc) is 2.25. The summed E-state index contributed by atoms with van der Waals surface area (Å²) >= 11 is 0. The summed E-state index contributed by atoms with van der Waals surface area (Å²) in [4.78, 5) is 11.9. The molecular formula is C9H17N5O2. The van der Waals surface area contributed by atoms with E-state index in [0.29, 0.717) is 12.5 Å². The van der Waals surface area contributed by atoms with Crippen molar-refractivity contribution in [1.82, 2.24) is 15.0 Å². The van der Waals surface area contributed by atoms with Crippen LogP contribution in [0.1, 0.15) is 13.8 Å². The van der Waals surface area contributed by atoms with Gasteiger partial charge in [0.25, 0.3) is 0 Å². The van der Waals surface area contributed by atoms with Crippen molar-refractivity contribution >= 4 is 5.95 Å². The molecule has 0 saturated carbocycles. The molecule has 0 unspecified atom stereocenters. The first-order valence-electron chi connectivity index (χ1n) is 4.81. The fourth-order valence-electron chi connectivity index (χ4n) is 0.907. The fourth-order valence-corrected chi connectivity index (χ4v) is 0.907. The highest BCUT2D eigenvalue weighted by molar-refractivity contribution is 5.28. The Morgan fingerprint density at radius 1 is 1.12 bits per heavy atom. The number of hydrogen-bond acceptors (Lipinski definition) is 7. The number of anilines is 1. The van der Waals surface area contributed by atoms with Gasteiger partial charge in [0.05, 0.1) is 14.2 Å². The van der Waals surface area contributed by atoms with Crippen LogP contribution >= 0.6 is 0 Å². The Hall–Kier alpha value is -1.63. The van der Waals surface area contributed by atoms with Gasteiger partial charge in [-0.25, -0.2) is 0 Å². The number of nitrogens with two attached hydrogens (primary N) is 1. The molecule has 16 heavy (non-hydrogen) atoms. The molecule has 0 saturated heterocycles. The van der Waals surface area contributed by atoms with Gasteiger partial charge in [-0.1, -0.05) is 0 Å². The predicted molar refractivity (Wildman–Crippen MR) is 59.7 cm³/mol. The van der Waals surface area contributed by atoms with E-state index in [1.54, 1.807) is 0 Å². The topological polar surface area (TPSA) is 95.2 Å². The minimum atomic E-state index is -0.354. The molecule has 1 aromatic heterocycles. The van der Waals surface area contributed by atoms with Gasteiger partial charge in [-0.15, -0.1) is 4.98 Å². The van der Waals surface area contributed by atoms with Gasteiger partial charge in [0.2, 0.25) is 5.95 Å². The van der Waals surface area contributed by atoms with E-state index < -0.39 is 0 Å². The first-order valence-corrected chi connectivity index (χ1v) is 4.81. The smallest absolute Gasteiger partial charge is 0.324 e. The highest BCUT2D eigenvalue weighted by Gasteiger charge is 2.12. The molecule has 1 heterocycles. The molecule has 3 N–H and O–H groups in total. The zero-order chi connectivity index (χ0) is 12.2. The van der Waals surface area contributed by atoms with E-state index in [-0.39, 0.29) is 17.6 Å². The summed E-state index contributed by atoms with van der Waals surface area (Å²) in [7, 11) is 2.96. The maximum atomic E-state index is 5.83. The highest BCUT2D eigenvalue weighted by Crippen LogP contribution is 2.12. The van der Waals surface area contributed by atoms with Gasteiger partial charge < -0.3 is 20.5 Å². The normalized spacial score (nSPS) is 11.1. The molecule has 7 heteroatoms. The summed E-state index contributed by atoms with van der Waals surface area (Å²) in [6.45, 7) is 4.33. The van der Waals surface area contributed by atoms with E-state index in [4.69, 9.17) is 15.2 Å². The Labute approximate surface area is 94.4 Å². The van der Waals surface area contributed by atoms with Crippen molar-refractivity contribution < 1.29 is 9.47 Å². The van der Waals surface area contributed by atoms with E-state index in [9.17, 15) is 0 Å². The third-order valence-electron chi connectivity index (χ3n) is 1.66. The molecule has 7 nitrogen and oxygen atoms in total. The molecule has 0 atom stereocenters. The standard InChI is InChI=1S/C9H17N5O2/c1-9(2,10)5-11-6-12-7(15-3)14-8(13-6)16-4/h5,10H2,1-4H3,(H,11,12,13,14). The minimum absolute atomic E-state index is 0.198. The van der Waals surface area contributed by atoms with Crippen LogP contribution in [0.3, 0.4) is 0 Å².